The first-order valence-corrected chi connectivity index (χ1v) is 16.9. The normalized spacial score (nSPS) is 40.3. The molecule has 4 aliphatic carbocycles. The van der Waals surface area contributed by atoms with Crippen LogP contribution in [0.15, 0.2) is 11.6 Å². The maximum absolute atomic E-state index is 11.4. The zero-order valence-corrected chi connectivity index (χ0v) is 24.7. The van der Waals surface area contributed by atoms with Crippen molar-refractivity contribution in [3.63, 3.8) is 0 Å². The van der Waals surface area contributed by atoms with Gasteiger partial charge in [-0.3, -0.25) is 9.11 Å². The molecule has 0 aromatic carbocycles. The van der Waals surface area contributed by atoms with Gasteiger partial charge in [0.1, 0.15) is 12.2 Å². The molecule has 0 radical (unpaired) electrons. The fourth-order valence-electron chi connectivity index (χ4n) is 9.14. The molecule has 220 valence electrons. The summed E-state index contributed by atoms with van der Waals surface area (Å²) in [5.74, 6) is 2.18. The van der Waals surface area contributed by atoms with Crippen LogP contribution in [0.25, 0.3) is 0 Å². The second-order valence-corrected chi connectivity index (χ2v) is 15.4. The van der Waals surface area contributed by atoms with Gasteiger partial charge in [-0.05, 0) is 103 Å². The minimum atomic E-state index is -4.65. The van der Waals surface area contributed by atoms with Gasteiger partial charge in [-0.15, -0.1) is 0 Å². The summed E-state index contributed by atoms with van der Waals surface area (Å²) in [5, 5.41) is 11.0. The molecule has 0 heterocycles. The first-order valence-electron chi connectivity index (χ1n) is 14.2. The number of aliphatic hydroxyl groups is 1. The molecule has 3 fully saturated rings. The molecular formula is C27H46O9S2. The van der Waals surface area contributed by atoms with E-state index in [4.69, 9.17) is 12.9 Å². The lowest BCUT2D eigenvalue weighted by Gasteiger charge is -2.59. The van der Waals surface area contributed by atoms with Crippen LogP contribution in [0.5, 0.6) is 0 Å². The standard InChI is InChI=1S/C27H46O9S2/c1-17(2)6-5-7-18(16-35-37(29,30)31)20-10-11-21-19-8-9-23-25(28)24(36-38(32,33)34)13-15-27(23,4)22(19)12-14-26(20,21)3/h9,17-22,24-25,28H,5-8,10-16H2,1-4H3,(H,29,30,31)(H,32,33,34)/t18-,19-,20+,21-,22-,24-,25+,26+,27+/m0/s1. The zero-order chi connectivity index (χ0) is 28.1. The van der Waals surface area contributed by atoms with Crippen LogP contribution in [0.3, 0.4) is 0 Å². The number of aliphatic hydroxyl groups excluding tert-OH is 1. The van der Waals surface area contributed by atoms with Crippen LogP contribution in [0.4, 0.5) is 0 Å². The maximum atomic E-state index is 11.4. The Morgan fingerprint density at radius 2 is 1.68 bits per heavy atom. The summed E-state index contributed by atoms with van der Waals surface area (Å²) < 4.78 is 73.7. The van der Waals surface area contributed by atoms with Gasteiger partial charge in [0.2, 0.25) is 0 Å². The van der Waals surface area contributed by atoms with Crippen molar-refractivity contribution in [3.8, 4) is 0 Å². The van der Waals surface area contributed by atoms with Gasteiger partial charge in [0, 0.05) is 0 Å². The van der Waals surface area contributed by atoms with Crippen molar-refractivity contribution >= 4 is 20.8 Å². The van der Waals surface area contributed by atoms with Gasteiger partial charge in [0.25, 0.3) is 0 Å². The minimum absolute atomic E-state index is 0.0150. The number of hydrogen-bond acceptors (Lipinski definition) is 7. The topological polar surface area (TPSA) is 147 Å². The van der Waals surface area contributed by atoms with Crippen LogP contribution >= 0.6 is 0 Å². The monoisotopic (exact) mass is 578 g/mol. The number of rotatable bonds is 10. The molecule has 11 heteroatoms. The summed E-state index contributed by atoms with van der Waals surface area (Å²) in [6.07, 6.45) is 8.88. The summed E-state index contributed by atoms with van der Waals surface area (Å²) in [5.41, 5.74) is 0.619. The third-order valence-electron chi connectivity index (χ3n) is 10.8. The Hall–Kier alpha value is -0.560. The predicted octanol–water partition coefficient (Wildman–Crippen LogP) is 4.99. The van der Waals surface area contributed by atoms with Crippen molar-refractivity contribution in [2.24, 2.45) is 46.3 Å². The Morgan fingerprint density at radius 3 is 2.32 bits per heavy atom. The Kier molecular flexibility index (Phi) is 8.82. The van der Waals surface area contributed by atoms with Crippen LogP contribution in [-0.4, -0.2) is 49.9 Å². The van der Waals surface area contributed by atoms with E-state index in [0.29, 0.717) is 42.4 Å². The van der Waals surface area contributed by atoms with Crippen molar-refractivity contribution in [2.45, 2.75) is 104 Å². The molecule has 3 N–H and O–H groups in total. The van der Waals surface area contributed by atoms with Gasteiger partial charge in [-0.1, -0.05) is 46.6 Å². The quantitative estimate of drug-likeness (QED) is 0.241. The van der Waals surface area contributed by atoms with Crippen LogP contribution in [0, 0.1) is 46.3 Å². The molecule has 0 aromatic heterocycles. The average Bonchev–Trinajstić information content (AvgIpc) is 3.14. The van der Waals surface area contributed by atoms with Gasteiger partial charge in [0.15, 0.2) is 0 Å². The Balaban J connectivity index is 1.54. The van der Waals surface area contributed by atoms with E-state index in [-0.39, 0.29) is 23.4 Å². The van der Waals surface area contributed by atoms with E-state index >= 15 is 0 Å². The van der Waals surface area contributed by atoms with E-state index < -0.39 is 33.0 Å². The highest BCUT2D eigenvalue weighted by molar-refractivity contribution is 7.81. The fraction of sp³-hybridized carbons (Fsp3) is 0.926. The average molecular weight is 579 g/mol. The Labute approximate surface area is 228 Å². The predicted molar refractivity (Wildman–Crippen MR) is 143 cm³/mol. The number of allylic oxidation sites excluding steroid dienone is 1. The second kappa shape index (κ2) is 11.0. The summed E-state index contributed by atoms with van der Waals surface area (Å²) in [6, 6.07) is 0. The molecule has 4 rings (SSSR count). The second-order valence-electron chi connectivity index (χ2n) is 13.3. The van der Waals surface area contributed by atoms with Gasteiger partial charge in [0.05, 0.1) is 6.61 Å². The fourth-order valence-corrected chi connectivity index (χ4v) is 10.0. The highest BCUT2D eigenvalue weighted by Gasteiger charge is 2.60. The molecule has 4 aliphatic rings. The number of fused-ring (bicyclic) bond motifs is 5. The van der Waals surface area contributed by atoms with E-state index in [9.17, 15) is 26.5 Å². The van der Waals surface area contributed by atoms with E-state index in [0.717, 1.165) is 56.9 Å². The lowest BCUT2D eigenvalue weighted by molar-refractivity contribution is -0.0788. The molecule has 0 saturated heterocycles. The van der Waals surface area contributed by atoms with Crippen molar-refractivity contribution in [2.75, 3.05) is 6.61 Å². The largest absolute Gasteiger partial charge is 0.397 e. The van der Waals surface area contributed by atoms with Gasteiger partial charge >= 0.3 is 20.8 Å². The molecule has 0 aromatic rings. The molecule has 0 amide bonds. The maximum Gasteiger partial charge on any atom is 0.397 e. The Morgan fingerprint density at radius 1 is 0.974 bits per heavy atom. The van der Waals surface area contributed by atoms with Gasteiger partial charge in [-0.25, -0.2) is 8.37 Å². The first-order chi connectivity index (χ1) is 17.6. The molecule has 9 nitrogen and oxygen atoms in total. The SMILES string of the molecule is CC(C)CCC[C@@H](COS(=O)(=O)O)[C@H]1CC[C@H]2[C@@H]3CC=C4[C@@H](O)[C@@H](OS(=O)(=O)O)CC[C@]4(C)[C@H]3CC[C@]12C. The van der Waals surface area contributed by atoms with Gasteiger partial charge in [-0.2, -0.15) is 16.8 Å². The Bertz CT molecular complexity index is 1100. The molecule has 38 heavy (non-hydrogen) atoms. The summed E-state index contributed by atoms with van der Waals surface area (Å²) in [6.45, 7) is 8.93. The van der Waals surface area contributed by atoms with Crippen LogP contribution < -0.4 is 0 Å². The van der Waals surface area contributed by atoms with Gasteiger partial charge < -0.3 is 5.11 Å². The van der Waals surface area contributed by atoms with Crippen LogP contribution in [-0.2, 0) is 29.2 Å². The van der Waals surface area contributed by atoms with E-state index in [1.807, 2.05) is 0 Å². The van der Waals surface area contributed by atoms with Crippen LogP contribution in [0.1, 0.15) is 91.9 Å². The summed E-state index contributed by atoms with van der Waals surface area (Å²) in [4.78, 5) is 0. The molecule has 0 spiro atoms. The van der Waals surface area contributed by atoms with E-state index in [1.165, 1.54) is 0 Å². The van der Waals surface area contributed by atoms with Crippen LogP contribution in [0.2, 0.25) is 0 Å². The smallest absolute Gasteiger partial charge is 0.386 e. The highest BCUT2D eigenvalue weighted by atomic mass is 32.3. The van der Waals surface area contributed by atoms with Crippen molar-refractivity contribution in [1.82, 2.24) is 0 Å². The highest BCUT2D eigenvalue weighted by Crippen LogP contribution is 2.67. The molecule has 0 aliphatic heterocycles. The third-order valence-corrected chi connectivity index (χ3v) is 11.7. The molecule has 3 saturated carbocycles. The van der Waals surface area contributed by atoms with Crippen molar-refractivity contribution in [1.29, 1.82) is 0 Å². The number of hydrogen-bond donors (Lipinski definition) is 3. The lowest BCUT2D eigenvalue weighted by Crippen LogP contribution is -2.54. The minimum Gasteiger partial charge on any atom is -0.386 e. The zero-order valence-electron chi connectivity index (χ0n) is 23.1. The molecule has 9 atom stereocenters. The third kappa shape index (κ3) is 6.19. The summed E-state index contributed by atoms with van der Waals surface area (Å²) >= 11 is 0. The van der Waals surface area contributed by atoms with E-state index in [1.54, 1.807) is 0 Å². The van der Waals surface area contributed by atoms with E-state index in [2.05, 4.69) is 33.8 Å². The molecule has 0 bridgehead atoms. The lowest BCUT2D eigenvalue weighted by atomic mass is 9.46. The van der Waals surface area contributed by atoms with Crippen molar-refractivity contribution in [3.05, 3.63) is 11.6 Å². The molecular weight excluding hydrogens is 532 g/mol. The molecule has 0 unspecified atom stereocenters. The van der Waals surface area contributed by atoms with Crippen molar-refractivity contribution < 1.29 is 39.4 Å². The summed E-state index contributed by atoms with van der Waals surface area (Å²) in [7, 11) is -9.14. The first kappa shape index (κ1) is 30.4.